The van der Waals surface area contributed by atoms with E-state index in [0.717, 1.165) is 42.4 Å². The molecule has 0 spiro atoms. The lowest BCUT2D eigenvalue weighted by molar-refractivity contribution is 0.0984. The standard InChI is InChI=1S/C25H30N4O3/c1-4-20-16-27-23(28-20)22(31)14-18-10-11-19(15-21(18)17-8-6-5-7-9-17)25(2,3)29-24(32)26-12-13-30/h1,8,10-11,15-16,30H,5-7,9,12-14H2,2-3H3,(H,27,28)(H2,26,29,32). The third kappa shape index (κ3) is 5.65. The number of amides is 2. The van der Waals surface area contributed by atoms with Gasteiger partial charge in [-0.25, -0.2) is 9.78 Å². The molecule has 3 rings (SSSR count). The minimum absolute atomic E-state index is 0.118. The molecule has 0 saturated heterocycles. The van der Waals surface area contributed by atoms with Gasteiger partial charge in [0, 0.05) is 13.0 Å². The highest BCUT2D eigenvalue weighted by Gasteiger charge is 2.25. The Hall–Kier alpha value is -3.37. The largest absolute Gasteiger partial charge is 0.395 e. The second-order valence-corrected chi connectivity index (χ2v) is 8.47. The van der Waals surface area contributed by atoms with Crippen LogP contribution in [-0.2, 0) is 12.0 Å². The van der Waals surface area contributed by atoms with Crippen LogP contribution in [0.1, 0.15) is 72.5 Å². The maximum absolute atomic E-state index is 12.8. The smallest absolute Gasteiger partial charge is 0.315 e. The van der Waals surface area contributed by atoms with Crippen LogP contribution >= 0.6 is 0 Å². The summed E-state index contributed by atoms with van der Waals surface area (Å²) in [5, 5.41) is 14.5. The van der Waals surface area contributed by atoms with Crippen molar-refractivity contribution in [3.8, 4) is 12.3 Å². The summed E-state index contributed by atoms with van der Waals surface area (Å²) >= 11 is 0. The van der Waals surface area contributed by atoms with E-state index >= 15 is 0 Å². The van der Waals surface area contributed by atoms with Gasteiger partial charge in [-0.05, 0) is 67.9 Å². The molecule has 7 nitrogen and oxygen atoms in total. The van der Waals surface area contributed by atoms with Crippen LogP contribution in [0.3, 0.4) is 0 Å². The first-order chi connectivity index (χ1) is 15.3. The van der Waals surface area contributed by atoms with Gasteiger partial charge in [0.1, 0.15) is 5.69 Å². The van der Waals surface area contributed by atoms with Crippen LogP contribution in [-0.4, -0.2) is 40.0 Å². The zero-order chi connectivity index (χ0) is 23.1. The second-order valence-electron chi connectivity index (χ2n) is 8.47. The summed E-state index contributed by atoms with van der Waals surface area (Å²) in [6.45, 7) is 3.92. The average molecular weight is 435 g/mol. The molecule has 1 aliphatic rings. The number of carbonyl (C=O) groups excluding carboxylic acids is 2. The summed E-state index contributed by atoms with van der Waals surface area (Å²) in [4.78, 5) is 32.0. The zero-order valence-corrected chi connectivity index (χ0v) is 18.6. The molecule has 32 heavy (non-hydrogen) atoms. The predicted molar refractivity (Wildman–Crippen MR) is 124 cm³/mol. The Morgan fingerprint density at radius 2 is 2.12 bits per heavy atom. The topological polar surface area (TPSA) is 107 Å². The summed E-state index contributed by atoms with van der Waals surface area (Å²) in [6.07, 6.45) is 13.5. The molecule has 1 aromatic carbocycles. The molecule has 2 aromatic rings. The van der Waals surface area contributed by atoms with Crippen molar-refractivity contribution >= 4 is 17.4 Å². The molecule has 7 heteroatoms. The molecule has 1 aromatic heterocycles. The summed E-state index contributed by atoms with van der Waals surface area (Å²) < 4.78 is 0. The third-order valence-electron chi connectivity index (χ3n) is 5.64. The van der Waals surface area contributed by atoms with Crippen molar-refractivity contribution in [3.05, 3.63) is 58.7 Å². The van der Waals surface area contributed by atoms with E-state index in [1.807, 2.05) is 26.0 Å². The van der Waals surface area contributed by atoms with Gasteiger partial charge in [0.2, 0.25) is 5.78 Å². The van der Waals surface area contributed by atoms with Gasteiger partial charge in [0.05, 0.1) is 18.3 Å². The molecule has 1 aliphatic carbocycles. The lowest BCUT2D eigenvalue weighted by Gasteiger charge is -2.29. The van der Waals surface area contributed by atoms with Gasteiger partial charge in [0.15, 0.2) is 5.82 Å². The van der Waals surface area contributed by atoms with E-state index in [2.05, 4.69) is 38.7 Å². The maximum Gasteiger partial charge on any atom is 0.315 e. The summed E-state index contributed by atoms with van der Waals surface area (Å²) in [5.41, 5.74) is 3.95. The fourth-order valence-corrected chi connectivity index (χ4v) is 3.86. The molecule has 0 unspecified atom stereocenters. The van der Waals surface area contributed by atoms with E-state index in [9.17, 15) is 9.59 Å². The Morgan fingerprint density at radius 3 is 2.78 bits per heavy atom. The molecular formula is C25H30N4O3. The van der Waals surface area contributed by atoms with Gasteiger partial charge >= 0.3 is 6.03 Å². The highest BCUT2D eigenvalue weighted by molar-refractivity contribution is 5.95. The number of allylic oxidation sites excluding steroid dienone is 2. The third-order valence-corrected chi connectivity index (χ3v) is 5.64. The lowest BCUT2D eigenvalue weighted by Crippen LogP contribution is -2.47. The predicted octanol–water partition coefficient (Wildman–Crippen LogP) is 3.30. The van der Waals surface area contributed by atoms with Crippen LogP contribution < -0.4 is 10.6 Å². The highest BCUT2D eigenvalue weighted by Crippen LogP contribution is 2.33. The van der Waals surface area contributed by atoms with Crippen molar-refractivity contribution in [1.29, 1.82) is 0 Å². The number of aliphatic hydroxyl groups excluding tert-OH is 1. The van der Waals surface area contributed by atoms with Crippen molar-refractivity contribution in [2.24, 2.45) is 0 Å². The number of urea groups is 1. The molecule has 168 valence electrons. The van der Waals surface area contributed by atoms with E-state index in [1.165, 1.54) is 11.8 Å². The Kier molecular flexibility index (Phi) is 7.49. The van der Waals surface area contributed by atoms with Gasteiger partial charge in [0.25, 0.3) is 0 Å². The van der Waals surface area contributed by atoms with Gasteiger partial charge in [-0.15, -0.1) is 6.42 Å². The second kappa shape index (κ2) is 10.3. The molecule has 2 amide bonds. The molecule has 0 saturated carbocycles. The first-order valence-electron chi connectivity index (χ1n) is 10.9. The lowest BCUT2D eigenvalue weighted by atomic mass is 9.84. The van der Waals surface area contributed by atoms with E-state index in [1.54, 1.807) is 0 Å². The van der Waals surface area contributed by atoms with Crippen LogP contribution in [0.5, 0.6) is 0 Å². The van der Waals surface area contributed by atoms with Crippen molar-refractivity contribution < 1.29 is 14.7 Å². The van der Waals surface area contributed by atoms with Crippen LogP contribution in [0.15, 0.2) is 30.5 Å². The average Bonchev–Trinajstić information content (AvgIpc) is 3.28. The number of rotatable bonds is 8. The van der Waals surface area contributed by atoms with Gasteiger partial charge in [-0.2, -0.15) is 0 Å². The fourth-order valence-electron chi connectivity index (χ4n) is 3.86. The summed E-state index contributed by atoms with van der Waals surface area (Å²) in [6, 6.07) is 5.62. The number of imidazole rings is 1. The molecule has 0 fully saturated rings. The number of hydrogen-bond acceptors (Lipinski definition) is 4. The quantitative estimate of drug-likeness (QED) is 0.378. The summed E-state index contributed by atoms with van der Waals surface area (Å²) in [5.74, 6) is 2.58. The number of nitrogens with zero attached hydrogens (tertiary/aromatic N) is 1. The van der Waals surface area contributed by atoms with E-state index in [4.69, 9.17) is 11.5 Å². The number of carbonyl (C=O) groups is 2. The van der Waals surface area contributed by atoms with E-state index in [0.29, 0.717) is 5.69 Å². The number of aromatic amines is 1. The number of aromatic nitrogens is 2. The number of hydrogen-bond donors (Lipinski definition) is 4. The number of benzene rings is 1. The Morgan fingerprint density at radius 1 is 1.31 bits per heavy atom. The molecule has 0 radical (unpaired) electrons. The number of nitrogens with one attached hydrogen (secondary N) is 3. The van der Waals surface area contributed by atoms with Crippen molar-refractivity contribution in [3.63, 3.8) is 0 Å². The van der Waals surface area contributed by atoms with Crippen molar-refractivity contribution in [2.75, 3.05) is 13.2 Å². The van der Waals surface area contributed by atoms with Crippen LogP contribution in [0.2, 0.25) is 0 Å². The Balaban J connectivity index is 1.90. The van der Waals surface area contributed by atoms with Crippen LogP contribution in [0.25, 0.3) is 5.57 Å². The first-order valence-corrected chi connectivity index (χ1v) is 10.9. The number of H-pyrrole nitrogens is 1. The van der Waals surface area contributed by atoms with Crippen molar-refractivity contribution in [1.82, 2.24) is 20.6 Å². The molecule has 0 atom stereocenters. The number of ketones is 1. The maximum atomic E-state index is 12.8. The number of aliphatic hydroxyl groups is 1. The molecule has 0 bridgehead atoms. The summed E-state index contributed by atoms with van der Waals surface area (Å²) in [7, 11) is 0. The SMILES string of the molecule is C#Cc1cnc(C(=O)Cc2ccc(C(C)(C)NC(=O)NCCO)cc2C2=CCCCC2)[nH]1. The Labute approximate surface area is 188 Å². The number of terminal acetylenes is 1. The van der Waals surface area contributed by atoms with Gasteiger partial charge in [-0.3, -0.25) is 4.79 Å². The van der Waals surface area contributed by atoms with Crippen LogP contribution in [0, 0.1) is 12.3 Å². The molecule has 4 N–H and O–H groups in total. The number of Topliss-reactive ketones (excluding diaryl/α,β-unsaturated/α-hetero) is 1. The van der Waals surface area contributed by atoms with E-state index < -0.39 is 5.54 Å². The van der Waals surface area contributed by atoms with Gasteiger partial charge < -0.3 is 20.7 Å². The minimum atomic E-state index is -0.644. The van der Waals surface area contributed by atoms with Crippen molar-refractivity contribution in [2.45, 2.75) is 51.5 Å². The van der Waals surface area contributed by atoms with E-state index in [-0.39, 0.29) is 37.2 Å². The monoisotopic (exact) mass is 434 g/mol. The molecule has 0 aliphatic heterocycles. The minimum Gasteiger partial charge on any atom is -0.395 e. The molecule has 1 heterocycles. The zero-order valence-electron chi connectivity index (χ0n) is 18.6. The first kappa shape index (κ1) is 23.3. The highest BCUT2D eigenvalue weighted by atomic mass is 16.3. The van der Waals surface area contributed by atoms with Gasteiger partial charge in [-0.1, -0.05) is 24.1 Å². The normalized spacial score (nSPS) is 13.8. The van der Waals surface area contributed by atoms with Crippen LogP contribution in [0.4, 0.5) is 4.79 Å². The molecular weight excluding hydrogens is 404 g/mol. The fraction of sp³-hybridized carbons (Fsp3) is 0.400. The Bertz CT molecular complexity index is 1060.